The number of benzene rings is 3. The molecule has 3 aromatic rings. The molecule has 0 spiro atoms. The fourth-order valence-electron chi connectivity index (χ4n) is 2.59. The maximum atomic E-state index is 12.3. The SMILES string of the molecule is COC(=O)c1ccc(C(=O)NC(=S)Nc2ccc(OCc3ccccc3)cc2)cc1. The van der Waals surface area contributed by atoms with Crippen molar-refractivity contribution >= 4 is 34.9 Å². The minimum atomic E-state index is -0.463. The van der Waals surface area contributed by atoms with Gasteiger partial charge in [-0.15, -0.1) is 0 Å². The van der Waals surface area contributed by atoms with E-state index in [1.54, 1.807) is 0 Å². The van der Waals surface area contributed by atoms with Crippen LogP contribution in [0.3, 0.4) is 0 Å². The lowest BCUT2D eigenvalue weighted by Crippen LogP contribution is -2.34. The van der Waals surface area contributed by atoms with Gasteiger partial charge in [-0.25, -0.2) is 4.79 Å². The number of carbonyl (C=O) groups is 2. The molecule has 0 aromatic heterocycles. The van der Waals surface area contributed by atoms with Gasteiger partial charge in [0.2, 0.25) is 0 Å². The van der Waals surface area contributed by atoms with Gasteiger partial charge in [0.1, 0.15) is 12.4 Å². The van der Waals surface area contributed by atoms with E-state index in [4.69, 9.17) is 17.0 Å². The molecule has 0 saturated carbocycles. The van der Waals surface area contributed by atoms with Crippen molar-refractivity contribution in [1.82, 2.24) is 5.32 Å². The number of amides is 1. The van der Waals surface area contributed by atoms with E-state index < -0.39 is 5.97 Å². The predicted molar refractivity (Wildman–Crippen MR) is 119 cm³/mol. The number of anilines is 1. The highest BCUT2D eigenvalue weighted by Crippen LogP contribution is 2.17. The van der Waals surface area contributed by atoms with Crippen LogP contribution in [0.25, 0.3) is 0 Å². The molecule has 1 amide bonds. The van der Waals surface area contributed by atoms with Crippen LogP contribution in [0, 0.1) is 0 Å². The fraction of sp³-hybridized carbons (Fsp3) is 0.0870. The highest BCUT2D eigenvalue weighted by atomic mass is 32.1. The smallest absolute Gasteiger partial charge is 0.337 e. The predicted octanol–water partition coefficient (Wildman–Crippen LogP) is 4.18. The normalized spacial score (nSPS) is 10.0. The summed E-state index contributed by atoms with van der Waals surface area (Å²) in [5.74, 6) is -0.118. The maximum Gasteiger partial charge on any atom is 0.337 e. The number of methoxy groups -OCH3 is 1. The van der Waals surface area contributed by atoms with Gasteiger partial charge in [-0.1, -0.05) is 30.3 Å². The molecule has 0 radical (unpaired) electrons. The van der Waals surface area contributed by atoms with Crippen molar-refractivity contribution in [2.75, 3.05) is 12.4 Å². The molecule has 0 aliphatic rings. The van der Waals surface area contributed by atoms with Crippen molar-refractivity contribution in [3.63, 3.8) is 0 Å². The summed E-state index contributed by atoms with van der Waals surface area (Å²) >= 11 is 5.20. The average molecular weight is 420 g/mol. The minimum Gasteiger partial charge on any atom is -0.489 e. The van der Waals surface area contributed by atoms with E-state index in [1.165, 1.54) is 31.4 Å². The highest BCUT2D eigenvalue weighted by molar-refractivity contribution is 7.80. The molecule has 6 nitrogen and oxygen atoms in total. The van der Waals surface area contributed by atoms with Crippen molar-refractivity contribution < 1.29 is 19.1 Å². The Morgan fingerprint density at radius 2 is 1.50 bits per heavy atom. The first-order chi connectivity index (χ1) is 14.5. The molecule has 0 heterocycles. The number of hydrogen-bond acceptors (Lipinski definition) is 5. The summed E-state index contributed by atoms with van der Waals surface area (Å²) in [7, 11) is 1.30. The summed E-state index contributed by atoms with van der Waals surface area (Å²) in [6.07, 6.45) is 0. The maximum absolute atomic E-state index is 12.3. The molecule has 3 aromatic carbocycles. The van der Waals surface area contributed by atoms with E-state index in [9.17, 15) is 9.59 Å². The Kier molecular flexibility index (Phi) is 7.13. The molecule has 3 rings (SSSR count). The Hall–Kier alpha value is -3.71. The molecule has 30 heavy (non-hydrogen) atoms. The third-order valence-corrected chi connectivity index (χ3v) is 4.36. The van der Waals surface area contributed by atoms with E-state index in [0.29, 0.717) is 23.4 Å². The van der Waals surface area contributed by atoms with Gasteiger partial charge in [-0.3, -0.25) is 10.1 Å². The van der Waals surface area contributed by atoms with Crippen LogP contribution in [0.5, 0.6) is 5.75 Å². The second-order valence-corrected chi connectivity index (χ2v) is 6.68. The summed E-state index contributed by atoms with van der Waals surface area (Å²) in [5.41, 5.74) is 2.54. The summed E-state index contributed by atoms with van der Waals surface area (Å²) in [4.78, 5) is 23.7. The van der Waals surface area contributed by atoms with Gasteiger partial charge in [0.05, 0.1) is 12.7 Å². The first-order valence-corrected chi connectivity index (χ1v) is 9.53. The van der Waals surface area contributed by atoms with Gasteiger partial charge in [-0.2, -0.15) is 0 Å². The summed E-state index contributed by atoms with van der Waals surface area (Å²) < 4.78 is 10.4. The molecule has 0 aliphatic heterocycles. The number of rotatable bonds is 6. The van der Waals surface area contributed by atoms with Crippen LogP contribution >= 0.6 is 12.2 Å². The number of ether oxygens (including phenoxy) is 2. The molecular formula is C23H20N2O4S. The number of carbonyl (C=O) groups excluding carboxylic acids is 2. The number of thiocarbonyl (C=S) groups is 1. The van der Waals surface area contributed by atoms with Crippen LogP contribution in [-0.2, 0) is 11.3 Å². The van der Waals surface area contributed by atoms with Crippen LogP contribution in [0.2, 0.25) is 0 Å². The van der Waals surface area contributed by atoms with Gasteiger partial charge in [0, 0.05) is 11.3 Å². The zero-order valence-electron chi connectivity index (χ0n) is 16.3. The summed E-state index contributed by atoms with van der Waals surface area (Å²) in [6, 6.07) is 23.3. The second kappa shape index (κ2) is 10.2. The topological polar surface area (TPSA) is 76.7 Å². The quantitative estimate of drug-likeness (QED) is 0.460. The Bertz CT molecular complexity index is 1020. The largest absolute Gasteiger partial charge is 0.489 e. The van der Waals surface area contributed by atoms with Crippen molar-refractivity contribution in [3.8, 4) is 5.75 Å². The third-order valence-electron chi connectivity index (χ3n) is 4.16. The molecule has 0 aliphatic carbocycles. The first-order valence-electron chi connectivity index (χ1n) is 9.12. The van der Waals surface area contributed by atoms with Gasteiger partial charge in [-0.05, 0) is 66.3 Å². The van der Waals surface area contributed by atoms with Crippen LogP contribution < -0.4 is 15.4 Å². The van der Waals surface area contributed by atoms with Crippen molar-refractivity contribution in [3.05, 3.63) is 95.6 Å². The lowest BCUT2D eigenvalue weighted by atomic mass is 10.1. The highest BCUT2D eigenvalue weighted by Gasteiger charge is 2.10. The average Bonchev–Trinajstić information content (AvgIpc) is 2.78. The lowest BCUT2D eigenvalue weighted by Gasteiger charge is -2.11. The Balaban J connectivity index is 1.50. The minimum absolute atomic E-state index is 0.162. The Morgan fingerprint density at radius 3 is 2.13 bits per heavy atom. The molecular weight excluding hydrogens is 400 g/mol. The van der Waals surface area contributed by atoms with Gasteiger partial charge in [0.15, 0.2) is 5.11 Å². The van der Waals surface area contributed by atoms with Crippen LogP contribution in [0.1, 0.15) is 26.3 Å². The van der Waals surface area contributed by atoms with Crippen molar-refractivity contribution in [2.24, 2.45) is 0 Å². The van der Waals surface area contributed by atoms with Crippen molar-refractivity contribution in [1.29, 1.82) is 0 Å². The Labute approximate surface area is 179 Å². The zero-order valence-corrected chi connectivity index (χ0v) is 17.1. The van der Waals surface area contributed by atoms with E-state index in [-0.39, 0.29) is 11.0 Å². The zero-order chi connectivity index (χ0) is 21.3. The molecule has 0 atom stereocenters. The Morgan fingerprint density at radius 1 is 0.867 bits per heavy atom. The van der Waals surface area contributed by atoms with Gasteiger partial charge >= 0.3 is 5.97 Å². The fourth-order valence-corrected chi connectivity index (χ4v) is 2.80. The summed E-state index contributed by atoms with van der Waals surface area (Å²) in [5, 5.41) is 5.72. The summed E-state index contributed by atoms with van der Waals surface area (Å²) in [6.45, 7) is 0.483. The van der Waals surface area contributed by atoms with Crippen molar-refractivity contribution in [2.45, 2.75) is 6.61 Å². The second-order valence-electron chi connectivity index (χ2n) is 6.28. The monoisotopic (exact) mass is 420 g/mol. The number of esters is 1. The molecule has 0 unspecified atom stereocenters. The van der Waals surface area contributed by atoms with E-state index >= 15 is 0 Å². The molecule has 0 fully saturated rings. The van der Waals surface area contributed by atoms with Crippen LogP contribution in [-0.4, -0.2) is 24.1 Å². The molecule has 0 bridgehead atoms. The van der Waals surface area contributed by atoms with Gasteiger partial charge in [0.25, 0.3) is 5.91 Å². The van der Waals surface area contributed by atoms with E-state index in [0.717, 1.165) is 11.3 Å². The molecule has 152 valence electrons. The molecule has 0 saturated heterocycles. The molecule has 7 heteroatoms. The number of hydrogen-bond donors (Lipinski definition) is 2. The first kappa shape index (κ1) is 21.0. The van der Waals surface area contributed by atoms with E-state index in [1.807, 2.05) is 54.6 Å². The third kappa shape index (κ3) is 5.89. The van der Waals surface area contributed by atoms with Crippen LogP contribution in [0.15, 0.2) is 78.9 Å². The van der Waals surface area contributed by atoms with Crippen LogP contribution in [0.4, 0.5) is 5.69 Å². The van der Waals surface area contributed by atoms with E-state index in [2.05, 4.69) is 15.4 Å². The number of nitrogens with one attached hydrogen (secondary N) is 2. The lowest BCUT2D eigenvalue weighted by molar-refractivity contribution is 0.0600. The molecule has 2 N–H and O–H groups in total. The standard InChI is InChI=1S/C23H20N2O4S/c1-28-22(27)18-9-7-17(8-10-18)21(26)25-23(30)24-19-11-13-20(14-12-19)29-15-16-5-3-2-4-6-16/h2-14H,15H2,1H3,(H2,24,25,26,30). The van der Waals surface area contributed by atoms with Gasteiger partial charge < -0.3 is 14.8 Å².